The van der Waals surface area contributed by atoms with Gasteiger partial charge in [-0.1, -0.05) is 6.07 Å². The van der Waals surface area contributed by atoms with E-state index < -0.39 is 6.04 Å². The molecule has 1 atom stereocenters. The van der Waals surface area contributed by atoms with Crippen molar-refractivity contribution >= 4 is 17.5 Å². The molecule has 1 unspecified atom stereocenters. The quantitative estimate of drug-likeness (QED) is 0.410. The molecule has 1 aliphatic rings. The average Bonchev–Trinajstić information content (AvgIpc) is 3.54. The maximum atomic E-state index is 13.6. The van der Waals surface area contributed by atoms with Crippen molar-refractivity contribution in [1.82, 2.24) is 19.7 Å². The first-order valence-corrected chi connectivity index (χ1v) is 11.1. The summed E-state index contributed by atoms with van der Waals surface area (Å²) in [4.78, 5) is 22.2. The van der Waals surface area contributed by atoms with Crippen LogP contribution in [0.1, 0.15) is 25.5 Å². The molecule has 2 N–H and O–H groups in total. The maximum absolute atomic E-state index is 13.6. The largest absolute Gasteiger partial charge is 0.493 e. The lowest BCUT2D eigenvalue weighted by Gasteiger charge is -2.29. The molecule has 4 heterocycles. The number of benzene rings is 1. The molecule has 10 nitrogen and oxygen atoms in total. The monoisotopic (exact) mass is 472 g/mol. The van der Waals surface area contributed by atoms with Crippen molar-refractivity contribution in [2.24, 2.45) is 0 Å². The zero-order chi connectivity index (χ0) is 24.4. The highest BCUT2D eigenvalue weighted by molar-refractivity contribution is 6.06. The van der Waals surface area contributed by atoms with Gasteiger partial charge in [0.05, 0.1) is 37.4 Å². The second kappa shape index (κ2) is 9.34. The molecule has 1 aliphatic heterocycles. The van der Waals surface area contributed by atoms with Crippen LogP contribution in [0.3, 0.4) is 0 Å². The summed E-state index contributed by atoms with van der Waals surface area (Å²) in [6, 6.07) is 12.1. The van der Waals surface area contributed by atoms with Gasteiger partial charge in [-0.25, -0.2) is 4.68 Å². The van der Waals surface area contributed by atoms with Gasteiger partial charge >= 0.3 is 0 Å². The van der Waals surface area contributed by atoms with E-state index in [9.17, 15) is 4.79 Å². The van der Waals surface area contributed by atoms with Crippen LogP contribution in [0.15, 0.2) is 76.8 Å². The zero-order valence-electron chi connectivity index (χ0n) is 19.5. The fourth-order valence-corrected chi connectivity index (χ4v) is 4.03. The van der Waals surface area contributed by atoms with E-state index in [1.54, 1.807) is 54.7 Å². The molecule has 1 aromatic carbocycles. The van der Waals surface area contributed by atoms with Crippen LogP contribution in [0.2, 0.25) is 0 Å². The minimum absolute atomic E-state index is 0.290. The number of amides is 1. The number of pyridine rings is 1. The minimum atomic E-state index is -0.594. The van der Waals surface area contributed by atoms with Crippen LogP contribution in [0, 0.1) is 0 Å². The molecule has 35 heavy (non-hydrogen) atoms. The number of carbonyl (C=O) groups excluding carboxylic acids is 1. The number of allylic oxidation sites excluding steroid dienone is 1. The summed E-state index contributed by atoms with van der Waals surface area (Å²) < 4.78 is 18.4. The molecule has 10 heteroatoms. The lowest BCUT2D eigenvalue weighted by molar-refractivity contribution is -0.113. The van der Waals surface area contributed by atoms with E-state index in [0.717, 1.165) is 5.56 Å². The number of methoxy groups -OCH3 is 1. The summed E-state index contributed by atoms with van der Waals surface area (Å²) in [6.07, 6.45) is 4.80. The molecule has 1 amide bonds. The Kier molecular flexibility index (Phi) is 5.92. The Bertz CT molecular complexity index is 1380. The van der Waals surface area contributed by atoms with Gasteiger partial charge in [0.25, 0.3) is 5.91 Å². The molecule has 0 aliphatic carbocycles. The Labute approximate surface area is 201 Å². The molecule has 0 bridgehead atoms. The molecule has 4 aromatic rings. The van der Waals surface area contributed by atoms with Crippen molar-refractivity contribution < 1.29 is 18.7 Å². The summed E-state index contributed by atoms with van der Waals surface area (Å²) in [5.41, 5.74) is 2.49. The number of hydrogen-bond donors (Lipinski definition) is 2. The van der Waals surface area contributed by atoms with E-state index in [1.807, 2.05) is 32.0 Å². The van der Waals surface area contributed by atoms with E-state index in [1.165, 1.54) is 0 Å². The van der Waals surface area contributed by atoms with Gasteiger partial charge in [0, 0.05) is 11.9 Å². The molecule has 0 saturated carbocycles. The molecule has 0 spiro atoms. The van der Waals surface area contributed by atoms with Crippen LogP contribution >= 0.6 is 0 Å². The van der Waals surface area contributed by atoms with Crippen LogP contribution < -0.4 is 20.1 Å². The van der Waals surface area contributed by atoms with Crippen LogP contribution in [0.25, 0.3) is 11.6 Å². The standard InChI is InChI=1S/C25H24N6O4/c1-4-34-18-10-9-16(13-20(18)33-3)22-21(24(32)28-17-7-5-11-26-14-17)15(2)27-25-29-23(30-31(22)25)19-8-6-12-35-19/h5-14,22H,4H2,1-3H3,(H,28,32)(H,27,29,30). The number of nitrogens with zero attached hydrogens (tertiary/aromatic N) is 4. The Morgan fingerprint density at radius 3 is 2.83 bits per heavy atom. The predicted octanol–water partition coefficient (Wildman–Crippen LogP) is 4.27. The van der Waals surface area contributed by atoms with Crippen molar-refractivity contribution in [3.63, 3.8) is 0 Å². The molecule has 178 valence electrons. The molecular formula is C25H24N6O4. The van der Waals surface area contributed by atoms with Gasteiger partial charge in [-0.2, -0.15) is 4.98 Å². The lowest BCUT2D eigenvalue weighted by Crippen LogP contribution is -2.31. The fraction of sp³-hybridized carbons (Fsp3) is 0.200. The third-order valence-electron chi connectivity index (χ3n) is 5.56. The lowest BCUT2D eigenvalue weighted by atomic mass is 9.94. The molecule has 0 fully saturated rings. The summed E-state index contributed by atoms with van der Waals surface area (Å²) in [5.74, 6) is 2.30. The first-order valence-electron chi connectivity index (χ1n) is 11.1. The van der Waals surface area contributed by atoms with Crippen molar-refractivity contribution in [3.8, 4) is 23.1 Å². The second-order valence-corrected chi connectivity index (χ2v) is 7.79. The van der Waals surface area contributed by atoms with Crippen molar-refractivity contribution in [2.45, 2.75) is 19.9 Å². The fourth-order valence-electron chi connectivity index (χ4n) is 4.03. The first kappa shape index (κ1) is 22.2. The maximum Gasteiger partial charge on any atom is 0.255 e. The Morgan fingerprint density at radius 1 is 1.23 bits per heavy atom. The van der Waals surface area contributed by atoms with Gasteiger partial charge in [0.1, 0.15) is 6.04 Å². The van der Waals surface area contributed by atoms with Gasteiger partial charge in [-0.3, -0.25) is 9.78 Å². The molecule has 0 saturated heterocycles. The Morgan fingerprint density at radius 2 is 2.11 bits per heavy atom. The Hall–Kier alpha value is -4.60. The Balaban J connectivity index is 1.62. The number of rotatable bonds is 7. The van der Waals surface area contributed by atoms with Crippen LogP contribution in [0.4, 0.5) is 11.6 Å². The van der Waals surface area contributed by atoms with Gasteiger partial charge in [0.2, 0.25) is 11.8 Å². The number of aromatic nitrogens is 4. The SMILES string of the molecule is CCOc1ccc(C2C(C(=O)Nc3cccnc3)=C(C)Nc3nc(-c4ccco4)nn32)cc1OC. The molecule has 5 rings (SSSR count). The van der Waals surface area contributed by atoms with E-state index in [0.29, 0.717) is 52.6 Å². The van der Waals surface area contributed by atoms with E-state index in [4.69, 9.17) is 19.0 Å². The number of hydrogen-bond acceptors (Lipinski definition) is 8. The zero-order valence-corrected chi connectivity index (χ0v) is 19.5. The number of anilines is 2. The number of fused-ring (bicyclic) bond motifs is 1. The van der Waals surface area contributed by atoms with Gasteiger partial charge in [-0.05, 0) is 55.8 Å². The van der Waals surface area contributed by atoms with Crippen molar-refractivity contribution in [1.29, 1.82) is 0 Å². The van der Waals surface area contributed by atoms with Crippen molar-refractivity contribution in [2.75, 3.05) is 24.4 Å². The minimum Gasteiger partial charge on any atom is -0.493 e. The molecular weight excluding hydrogens is 448 g/mol. The smallest absolute Gasteiger partial charge is 0.255 e. The molecule has 0 radical (unpaired) electrons. The number of carbonyl (C=O) groups is 1. The first-order chi connectivity index (χ1) is 17.1. The van der Waals surface area contributed by atoms with Gasteiger partial charge in [-0.15, -0.1) is 5.10 Å². The topological polar surface area (TPSA) is 116 Å². The third kappa shape index (κ3) is 4.21. The number of nitrogens with one attached hydrogen (secondary N) is 2. The van der Waals surface area contributed by atoms with Crippen LogP contribution in [-0.4, -0.2) is 39.4 Å². The molecule has 3 aromatic heterocycles. The van der Waals surface area contributed by atoms with Gasteiger partial charge in [0.15, 0.2) is 17.3 Å². The normalized spacial score (nSPS) is 14.8. The van der Waals surface area contributed by atoms with E-state index in [2.05, 4.69) is 20.6 Å². The summed E-state index contributed by atoms with van der Waals surface area (Å²) >= 11 is 0. The van der Waals surface area contributed by atoms with E-state index in [-0.39, 0.29) is 5.91 Å². The van der Waals surface area contributed by atoms with Crippen LogP contribution in [0.5, 0.6) is 11.5 Å². The predicted molar refractivity (Wildman–Crippen MR) is 129 cm³/mol. The van der Waals surface area contributed by atoms with E-state index >= 15 is 0 Å². The highest BCUT2D eigenvalue weighted by Crippen LogP contribution is 2.39. The highest BCUT2D eigenvalue weighted by Gasteiger charge is 2.35. The number of furan rings is 1. The number of ether oxygens (including phenoxy) is 2. The highest BCUT2D eigenvalue weighted by atomic mass is 16.5. The third-order valence-corrected chi connectivity index (χ3v) is 5.56. The summed E-state index contributed by atoms with van der Waals surface area (Å²) in [6.45, 7) is 4.24. The average molecular weight is 473 g/mol. The van der Waals surface area contributed by atoms with Gasteiger partial charge < -0.3 is 24.5 Å². The second-order valence-electron chi connectivity index (χ2n) is 7.79. The van der Waals surface area contributed by atoms with Crippen molar-refractivity contribution in [3.05, 3.63) is 78.0 Å². The van der Waals surface area contributed by atoms with Crippen LogP contribution in [-0.2, 0) is 4.79 Å². The summed E-state index contributed by atoms with van der Waals surface area (Å²) in [5, 5.41) is 10.8. The summed E-state index contributed by atoms with van der Waals surface area (Å²) in [7, 11) is 1.58.